The van der Waals surface area contributed by atoms with Crippen molar-refractivity contribution in [2.24, 2.45) is 5.92 Å². The summed E-state index contributed by atoms with van der Waals surface area (Å²) in [6.07, 6.45) is 5.22. The maximum atomic E-state index is 13.2. The van der Waals surface area contributed by atoms with Gasteiger partial charge in [-0.1, -0.05) is 71.7 Å². The number of oxazole rings is 1. The van der Waals surface area contributed by atoms with Gasteiger partial charge in [-0.25, -0.2) is 4.98 Å². The van der Waals surface area contributed by atoms with E-state index in [1.54, 1.807) is 12.3 Å². The second-order valence-corrected chi connectivity index (χ2v) is 12.1. The van der Waals surface area contributed by atoms with E-state index in [0.717, 1.165) is 35.3 Å². The van der Waals surface area contributed by atoms with Crippen molar-refractivity contribution in [2.45, 2.75) is 58.1 Å². The van der Waals surface area contributed by atoms with Gasteiger partial charge in [0.05, 0.1) is 16.2 Å². The van der Waals surface area contributed by atoms with Crippen molar-refractivity contribution in [2.75, 3.05) is 13.1 Å². The van der Waals surface area contributed by atoms with Crippen molar-refractivity contribution >= 4 is 35.0 Å². The molecule has 0 spiro atoms. The van der Waals surface area contributed by atoms with E-state index >= 15 is 0 Å². The molecule has 2 heterocycles. The number of amides is 2. The number of nitrogens with one attached hydrogen (secondary N) is 1. The highest BCUT2D eigenvalue weighted by Crippen LogP contribution is 2.26. The molecule has 5 rings (SSSR count). The first kappa shape index (κ1) is 31.6. The second kappa shape index (κ2) is 15.3. The highest BCUT2D eigenvalue weighted by molar-refractivity contribution is 6.42. The van der Waals surface area contributed by atoms with E-state index in [1.807, 2.05) is 78.6 Å². The van der Waals surface area contributed by atoms with Crippen LogP contribution in [0.4, 0.5) is 0 Å². The Hall–Kier alpha value is -3.81. The SMILES string of the molecule is Cc1cnc(C(Cc2ccc(OCc3ccccc3)cc2)NC(=O)CC2CCN(C(=O)CCc3ccc(Cl)c(Cl)c3)CC2)o1. The average molecular weight is 635 g/mol. The Morgan fingerprint density at radius 1 is 0.977 bits per heavy atom. The predicted molar refractivity (Wildman–Crippen MR) is 172 cm³/mol. The van der Waals surface area contributed by atoms with Crippen LogP contribution < -0.4 is 10.1 Å². The molecule has 1 aliphatic rings. The van der Waals surface area contributed by atoms with Gasteiger partial charge >= 0.3 is 0 Å². The Labute approximate surface area is 268 Å². The Morgan fingerprint density at radius 3 is 2.39 bits per heavy atom. The van der Waals surface area contributed by atoms with Crippen LogP contribution in [0.5, 0.6) is 5.75 Å². The number of hydrogen-bond donors (Lipinski definition) is 1. The number of carbonyl (C=O) groups excluding carboxylic acids is 2. The number of piperidine rings is 1. The Kier molecular flexibility index (Phi) is 11.0. The van der Waals surface area contributed by atoms with Crippen LogP contribution in [0.3, 0.4) is 0 Å². The molecule has 44 heavy (non-hydrogen) atoms. The zero-order valence-corrected chi connectivity index (χ0v) is 26.3. The van der Waals surface area contributed by atoms with Gasteiger partial charge < -0.3 is 19.4 Å². The predicted octanol–water partition coefficient (Wildman–Crippen LogP) is 7.53. The molecule has 1 fully saturated rings. The molecule has 7 nitrogen and oxygen atoms in total. The molecule has 0 aliphatic carbocycles. The number of carbonyl (C=O) groups is 2. The van der Waals surface area contributed by atoms with Crippen LogP contribution in [0.15, 0.2) is 83.4 Å². The van der Waals surface area contributed by atoms with Crippen molar-refractivity contribution in [1.29, 1.82) is 0 Å². The summed E-state index contributed by atoms with van der Waals surface area (Å²) in [5.41, 5.74) is 3.13. The van der Waals surface area contributed by atoms with Gasteiger partial charge in [-0.15, -0.1) is 0 Å². The molecule has 1 aromatic heterocycles. The number of rotatable bonds is 12. The summed E-state index contributed by atoms with van der Waals surface area (Å²) >= 11 is 12.1. The van der Waals surface area contributed by atoms with E-state index in [4.69, 9.17) is 32.4 Å². The van der Waals surface area contributed by atoms with Gasteiger partial charge in [0.25, 0.3) is 0 Å². The molecule has 230 valence electrons. The largest absolute Gasteiger partial charge is 0.489 e. The molecule has 0 saturated carbocycles. The molecule has 0 radical (unpaired) electrons. The number of benzene rings is 3. The lowest BCUT2D eigenvalue weighted by Gasteiger charge is -2.32. The standard InChI is InChI=1S/C35H37Cl2N3O4/c1-24-22-38-35(44-24)32(20-26-7-11-29(12-8-26)43-23-28-5-3-2-4-6-28)39-33(41)21-27-15-17-40(18-16-27)34(42)14-10-25-9-13-30(36)31(37)19-25/h2-9,11-13,19,22,27,32H,10,14-18,20-21,23H2,1H3,(H,39,41). The number of likely N-dealkylation sites (tertiary alicyclic amines) is 1. The van der Waals surface area contributed by atoms with Gasteiger partial charge in [0.1, 0.15) is 24.2 Å². The van der Waals surface area contributed by atoms with Crippen LogP contribution in [0.1, 0.15) is 60.1 Å². The smallest absolute Gasteiger partial charge is 0.222 e. The summed E-state index contributed by atoms with van der Waals surface area (Å²) in [4.78, 5) is 32.3. The van der Waals surface area contributed by atoms with Crippen LogP contribution in [0.2, 0.25) is 10.0 Å². The fourth-order valence-corrected chi connectivity index (χ4v) is 5.76. The maximum Gasteiger partial charge on any atom is 0.222 e. The summed E-state index contributed by atoms with van der Waals surface area (Å²) in [6, 6.07) is 23.0. The van der Waals surface area contributed by atoms with Crippen molar-refractivity contribution in [1.82, 2.24) is 15.2 Å². The number of ether oxygens (including phenoxy) is 1. The molecule has 9 heteroatoms. The van der Waals surface area contributed by atoms with E-state index in [1.165, 1.54) is 0 Å². The quantitative estimate of drug-likeness (QED) is 0.174. The van der Waals surface area contributed by atoms with Crippen LogP contribution in [0.25, 0.3) is 0 Å². The van der Waals surface area contributed by atoms with Gasteiger partial charge in [-0.3, -0.25) is 9.59 Å². The zero-order chi connectivity index (χ0) is 30.9. The van der Waals surface area contributed by atoms with E-state index in [-0.39, 0.29) is 17.7 Å². The van der Waals surface area contributed by atoms with E-state index in [0.29, 0.717) is 67.1 Å². The summed E-state index contributed by atoms with van der Waals surface area (Å²) in [6.45, 7) is 3.65. The number of nitrogens with zero attached hydrogens (tertiary/aromatic N) is 2. The van der Waals surface area contributed by atoms with Crippen LogP contribution in [-0.4, -0.2) is 34.8 Å². The highest BCUT2D eigenvalue weighted by Gasteiger charge is 2.26. The van der Waals surface area contributed by atoms with Crippen molar-refractivity contribution in [3.05, 3.63) is 117 Å². The number of halogens is 2. The lowest BCUT2D eigenvalue weighted by molar-refractivity contribution is -0.132. The molecule has 1 N–H and O–H groups in total. The molecular formula is C35H37Cl2N3O4. The monoisotopic (exact) mass is 633 g/mol. The summed E-state index contributed by atoms with van der Waals surface area (Å²) in [5, 5.41) is 4.16. The van der Waals surface area contributed by atoms with Crippen molar-refractivity contribution in [3.63, 3.8) is 0 Å². The van der Waals surface area contributed by atoms with Crippen LogP contribution in [0, 0.1) is 12.8 Å². The Bertz CT molecular complexity index is 1530. The fourth-order valence-electron chi connectivity index (χ4n) is 5.44. The molecular weight excluding hydrogens is 597 g/mol. The molecule has 0 bridgehead atoms. The molecule has 2 amide bonds. The van der Waals surface area contributed by atoms with Gasteiger partial charge in [0.15, 0.2) is 0 Å². The molecule has 3 aromatic carbocycles. The van der Waals surface area contributed by atoms with Gasteiger partial charge in [0, 0.05) is 32.4 Å². The van der Waals surface area contributed by atoms with Gasteiger partial charge in [-0.05, 0) is 73.1 Å². The first-order chi connectivity index (χ1) is 21.3. The normalized spacial score (nSPS) is 14.3. The molecule has 1 aliphatic heterocycles. The lowest BCUT2D eigenvalue weighted by atomic mass is 9.92. The Morgan fingerprint density at radius 2 is 1.70 bits per heavy atom. The summed E-state index contributed by atoms with van der Waals surface area (Å²) < 4.78 is 11.7. The van der Waals surface area contributed by atoms with Crippen molar-refractivity contribution < 1.29 is 18.7 Å². The highest BCUT2D eigenvalue weighted by atomic mass is 35.5. The van der Waals surface area contributed by atoms with Crippen LogP contribution in [-0.2, 0) is 29.0 Å². The topological polar surface area (TPSA) is 84.7 Å². The number of aryl methyl sites for hydroxylation is 2. The number of aromatic nitrogens is 1. The minimum absolute atomic E-state index is 0.0435. The molecule has 1 atom stereocenters. The zero-order valence-electron chi connectivity index (χ0n) is 24.8. The maximum absolute atomic E-state index is 13.2. The Balaban J connectivity index is 1.10. The second-order valence-electron chi connectivity index (χ2n) is 11.3. The number of hydrogen-bond acceptors (Lipinski definition) is 5. The van der Waals surface area contributed by atoms with Crippen LogP contribution >= 0.6 is 23.2 Å². The minimum Gasteiger partial charge on any atom is -0.489 e. The third-order valence-electron chi connectivity index (χ3n) is 7.94. The van der Waals surface area contributed by atoms with Gasteiger partial charge in [0.2, 0.25) is 17.7 Å². The van der Waals surface area contributed by atoms with E-state index in [2.05, 4.69) is 10.3 Å². The molecule has 1 unspecified atom stereocenters. The van der Waals surface area contributed by atoms with E-state index in [9.17, 15) is 9.59 Å². The lowest BCUT2D eigenvalue weighted by Crippen LogP contribution is -2.40. The molecule has 1 saturated heterocycles. The third kappa shape index (κ3) is 9.10. The summed E-state index contributed by atoms with van der Waals surface area (Å²) in [7, 11) is 0. The average Bonchev–Trinajstić information content (AvgIpc) is 3.48. The van der Waals surface area contributed by atoms with E-state index < -0.39 is 6.04 Å². The first-order valence-electron chi connectivity index (χ1n) is 15.0. The third-order valence-corrected chi connectivity index (χ3v) is 8.68. The van der Waals surface area contributed by atoms with Crippen molar-refractivity contribution in [3.8, 4) is 5.75 Å². The first-order valence-corrected chi connectivity index (χ1v) is 15.8. The summed E-state index contributed by atoms with van der Waals surface area (Å²) in [5.74, 6) is 2.25. The minimum atomic E-state index is -0.393. The van der Waals surface area contributed by atoms with Gasteiger partial charge in [-0.2, -0.15) is 0 Å². The fraction of sp³-hybridized carbons (Fsp3) is 0.343. The molecule has 4 aromatic rings.